The molecule has 0 unspecified atom stereocenters. The van der Waals surface area contributed by atoms with E-state index in [1.54, 1.807) is 47.6 Å². The zero-order valence-corrected chi connectivity index (χ0v) is 16.5. The molecule has 0 aliphatic heterocycles. The maximum atomic E-state index is 12.6. The molecule has 0 saturated heterocycles. The molecule has 26 heavy (non-hydrogen) atoms. The van der Waals surface area contributed by atoms with Crippen molar-refractivity contribution in [2.45, 2.75) is 52.7 Å². The summed E-state index contributed by atoms with van der Waals surface area (Å²) in [6.07, 6.45) is -0.442. The van der Waals surface area contributed by atoms with Gasteiger partial charge < -0.3 is 14.2 Å². The van der Waals surface area contributed by atoms with Gasteiger partial charge in [0.1, 0.15) is 11.2 Å². The van der Waals surface area contributed by atoms with Gasteiger partial charge in [-0.1, -0.05) is 6.58 Å². The highest BCUT2D eigenvalue weighted by Gasteiger charge is 2.34. The molecule has 0 saturated carbocycles. The second kappa shape index (κ2) is 8.27. The summed E-state index contributed by atoms with van der Waals surface area (Å²) in [4.78, 5) is 34.0. The average Bonchev–Trinajstić information content (AvgIpc) is 2.44. The third-order valence-corrected chi connectivity index (χ3v) is 2.68. The van der Waals surface area contributed by atoms with Crippen LogP contribution in [0.5, 0.6) is 0 Å². The van der Waals surface area contributed by atoms with E-state index in [0.717, 1.165) is 0 Å². The molecule has 1 heterocycles. The fourth-order valence-electron chi connectivity index (χ4n) is 1.75. The van der Waals surface area contributed by atoms with Crippen molar-refractivity contribution in [3.05, 3.63) is 24.5 Å². The van der Waals surface area contributed by atoms with E-state index in [1.807, 2.05) is 0 Å². The van der Waals surface area contributed by atoms with Crippen LogP contribution in [-0.2, 0) is 14.2 Å². The topological polar surface area (TPSA) is 90.8 Å². The summed E-state index contributed by atoms with van der Waals surface area (Å²) in [5, 5.41) is 0. The number of hydrogen-bond donors (Lipinski definition) is 0. The van der Waals surface area contributed by atoms with Gasteiger partial charge in [-0.05, 0) is 53.2 Å². The molecule has 0 aliphatic carbocycles. The highest BCUT2D eigenvalue weighted by molar-refractivity contribution is 6.08. The smallest absolute Gasteiger partial charge is 0.427 e. The maximum absolute atomic E-state index is 12.6. The lowest BCUT2D eigenvalue weighted by atomic mass is 10.2. The Morgan fingerprint density at radius 2 is 1.58 bits per heavy atom. The average molecular weight is 365 g/mol. The van der Waals surface area contributed by atoms with Crippen molar-refractivity contribution >= 4 is 23.7 Å². The molecule has 144 valence electrons. The zero-order valence-electron chi connectivity index (χ0n) is 16.5. The number of anilines is 1. The summed E-state index contributed by atoms with van der Waals surface area (Å²) >= 11 is 0. The van der Waals surface area contributed by atoms with E-state index in [9.17, 15) is 9.59 Å². The number of imide groups is 1. The molecule has 2 amide bonds. The van der Waals surface area contributed by atoms with Crippen molar-refractivity contribution in [3.8, 4) is 0 Å². The van der Waals surface area contributed by atoms with Gasteiger partial charge >= 0.3 is 12.2 Å². The van der Waals surface area contributed by atoms with E-state index in [2.05, 4.69) is 16.5 Å². The molecule has 0 atom stereocenters. The largest absolute Gasteiger partial charge is 0.443 e. The first-order valence-electron chi connectivity index (χ1n) is 8.10. The Labute approximate surface area is 154 Å². The summed E-state index contributed by atoms with van der Waals surface area (Å²) in [7, 11) is 1.53. The molecule has 1 aromatic heterocycles. The first kappa shape index (κ1) is 21.6. The number of ether oxygens (including phenoxy) is 3. The Morgan fingerprint density at radius 1 is 1.08 bits per heavy atom. The molecule has 0 N–H and O–H groups in total. The van der Waals surface area contributed by atoms with Crippen molar-refractivity contribution in [1.82, 2.24) is 9.97 Å². The Kier molecular flexibility index (Phi) is 6.86. The molecule has 8 heteroatoms. The van der Waals surface area contributed by atoms with Crippen LogP contribution in [0.15, 0.2) is 18.8 Å². The molecule has 0 aliphatic rings. The van der Waals surface area contributed by atoms with E-state index in [4.69, 9.17) is 14.2 Å². The minimum atomic E-state index is -0.929. The Hall–Kier alpha value is -2.48. The minimum Gasteiger partial charge on any atom is -0.443 e. The molecule has 8 nitrogen and oxygen atoms in total. The molecule has 0 spiro atoms. The highest BCUT2D eigenvalue weighted by Crippen LogP contribution is 2.20. The third-order valence-electron chi connectivity index (χ3n) is 2.68. The zero-order chi connectivity index (χ0) is 20.1. The van der Waals surface area contributed by atoms with Crippen LogP contribution >= 0.6 is 0 Å². The summed E-state index contributed by atoms with van der Waals surface area (Å²) in [5.41, 5.74) is -0.609. The van der Waals surface area contributed by atoms with Crippen LogP contribution < -0.4 is 4.90 Å². The van der Waals surface area contributed by atoms with Crippen molar-refractivity contribution in [2.75, 3.05) is 18.6 Å². The first-order chi connectivity index (χ1) is 11.8. The van der Waals surface area contributed by atoms with Crippen molar-refractivity contribution < 1.29 is 23.8 Å². The SMILES string of the molecule is C=C(COC)c1ccnc(N(C(=O)OC(C)(C)C)C(=O)OC(C)(C)C)n1. The predicted molar refractivity (Wildman–Crippen MR) is 97.9 cm³/mol. The predicted octanol–water partition coefficient (Wildman–Crippen LogP) is 3.81. The molecule has 0 fully saturated rings. The summed E-state index contributed by atoms with van der Waals surface area (Å²) in [6, 6.07) is 1.60. The van der Waals surface area contributed by atoms with Gasteiger partial charge in [-0.25, -0.2) is 19.6 Å². The Bertz CT molecular complexity index is 646. The van der Waals surface area contributed by atoms with Gasteiger partial charge in [0, 0.05) is 13.3 Å². The van der Waals surface area contributed by atoms with Gasteiger partial charge in [-0.15, -0.1) is 4.90 Å². The van der Waals surface area contributed by atoms with Crippen molar-refractivity contribution in [2.24, 2.45) is 0 Å². The standard InChI is InChI=1S/C18H27N3O5/c1-12(11-24-8)13-9-10-19-14(20-13)21(15(22)25-17(2,3)4)16(23)26-18(5,6)7/h9-10H,1,11H2,2-8H3. The summed E-state index contributed by atoms with van der Waals surface area (Å²) in [5.74, 6) is -0.164. The lowest BCUT2D eigenvalue weighted by Gasteiger charge is -2.27. The lowest BCUT2D eigenvalue weighted by Crippen LogP contribution is -2.44. The maximum Gasteiger partial charge on any atom is 0.427 e. The molecular weight excluding hydrogens is 338 g/mol. The number of hydrogen-bond acceptors (Lipinski definition) is 7. The molecule has 1 rings (SSSR count). The second-order valence-corrected chi connectivity index (χ2v) is 7.57. The van der Waals surface area contributed by atoms with Crippen LogP contribution in [0.3, 0.4) is 0 Å². The van der Waals surface area contributed by atoms with E-state index < -0.39 is 23.4 Å². The fourth-order valence-corrected chi connectivity index (χ4v) is 1.75. The molecule has 0 bridgehead atoms. The van der Waals surface area contributed by atoms with Crippen LogP contribution in [0, 0.1) is 0 Å². The van der Waals surface area contributed by atoms with Gasteiger partial charge in [0.05, 0.1) is 12.3 Å². The number of carbonyl (C=O) groups excluding carboxylic acids is 2. The number of aromatic nitrogens is 2. The van der Waals surface area contributed by atoms with Crippen molar-refractivity contribution in [3.63, 3.8) is 0 Å². The highest BCUT2D eigenvalue weighted by atomic mass is 16.6. The fraction of sp³-hybridized carbons (Fsp3) is 0.556. The summed E-state index contributed by atoms with van der Waals surface area (Å²) < 4.78 is 15.6. The van der Waals surface area contributed by atoms with Crippen LogP contribution in [-0.4, -0.2) is 47.1 Å². The van der Waals surface area contributed by atoms with Gasteiger partial charge in [-0.2, -0.15) is 0 Å². The number of carbonyl (C=O) groups is 2. The molecule has 0 radical (unpaired) electrons. The second-order valence-electron chi connectivity index (χ2n) is 7.57. The first-order valence-corrected chi connectivity index (χ1v) is 8.10. The minimum absolute atomic E-state index is 0.164. The van der Waals surface area contributed by atoms with Crippen LogP contribution in [0.2, 0.25) is 0 Å². The normalized spacial score (nSPS) is 11.7. The van der Waals surface area contributed by atoms with Crippen LogP contribution in [0.4, 0.5) is 15.5 Å². The molecular formula is C18H27N3O5. The van der Waals surface area contributed by atoms with E-state index in [0.29, 0.717) is 16.2 Å². The Morgan fingerprint density at radius 3 is 2.00 bits per heavy atom. The third kappa shape index (κ3) is 6.79. The quantitative estimate of drug-likeness (QED) is 0.801. The van der Waals surface area contributed by atoms with E-state index in [1.165, 1.54) is 13.3 Å². The van der Waals surface area contributed by atoms with Crippen molar-refractivity contribution in [1.29, 1.82) is 0 Å². The number of amides is 2. The monoisotopic (exact) mass is 365 g/mol. The van der Waals surface area contributed by atoms with Gasteiger partial charge in [0.2, 0.25) is 5.95 Å². The molecule has 1 aromatic rings. The van der Waals surface area contributed by atoms with Gasteiger partial charge in [0.25, 0.3) is 0 Å². The number of rotatable bonds is 4. The number of nitrogens with zero attached hydrogens (tertiary/aromatic N) is 3. The molecule has 0 aromatic carbocycles. The lowest BCUT2D eigenvalue weighted by molar-refractivity contribution is 0.0427. The van der Waals surface area contributed by atoms with E-state index >= 15 is 0 Å². The van der Waals surface area contributed by atoms with Crippen LogP contribution in [0.25, 0.3) is 5.57 Å². The van der Waals surface area contributed by atoms with Gasteiger partial charge in [0.15, 0.2) is 0 Å². The van der Waals surface area contributed by atoms with Crippen LogP contribution in [0.1, 0.15) is 47.2 Å². The van der Waals surface area contributed by atoms with E-state index in [-0.39, 0.29) is 12.6 Å². The summed E-state index contributed by atoms with van der Waals surface area (Å²) in [6.45, 7) is 14.2. The number of methoxy groups -OCH3 is 1. The Balaban J connectivity index is 3.27. The van der Waals surface area contributed by atoms with Gasteiger partial charge in [-0.3, -0.25) is 0 Å².